The van der Waals surface area contributed by atoms with Crippen LogP contribution in [0.2, 0.25) is 0 Å². The SMILES string of the molecule is CN(C(=O)CO/N=C(\c1ccccc1)c1ccc([N+](=O)[O-])c(C=O)c1)C1CCCCC1. The number of rotatable bonds is 8. The Morgan fingerprint density at radius 1 is 1.16 bits per heavy atom. The molecular weight excluding hydrogens is 398 g/mol. The van der Waals surface area contributed by atoms with Gasteiger partial charge in [0.2, 0.25) is 0 Å². The van der Waals surface area contributed by atoms with Crippen LogP contribution in [0.3, 0.4) is 0 Å². The molecule has 0 aromatic heterocycles. The van der Waals surface area contributed by atoms with Gasteiger partial charge < -0.3 is 9.74 Å². The summed E-state index contributed by atoms with van der Waals surface area (Å²) in [5, 5.41) is 15.3. The highest BCUT2D eigenvalue weighted by Crippen LogP contribution is 2.22. The number of hydrogen-bond acceptors (Lipinski definition) is 6. The van der Waals surface area contributed by atoms with Crippen LogP contribution in [0.1, 0.15) is 53.6 Å². The van der Waals surface area contributed by atoms with Crippen LogP contribution in [0, 0.1) is 10.1 Å². The summed E-state index contributed by atoms with van der Waals surface area (Å²) in [5.74, 6) is -0.152. The highest BCUT2D eigenvalue weighted by Gasteiger charge is 2.22. The lowest BCUT2D eigenvalue weighted by molar-refractivity contribution is -0.385. The highest BCUT2D eigenvalue weighted by atomic mass is 16.6. The van der Waals surface area contributed by atoms with Crippen LogP contribution in [-0.4, -0.2) is 47.4 Å². The third kappa shape index (κ3) is 5.53. The summed E-state index contributed by atoms with van der Waals surface area (Å²) in [6.07, 6.45) is 5.89. The molecule has 1 fully saturated rings. The Hall–Kier alpha value is -3.55. The normalized spacial score (nSPS) is 14.7. The largest absolute Gasteiger partial charge is 0.385 e. The maximum absolute atomic E-state index is 12.5. The standard InChI is InChI=1S/C23H25N3O5/c1-25(20-10-6-3-7-11-20)22(28)16-31-24-23(17-8-4-2-5-9-17)18-12-13-21(26(29)30)19(14-18)15-27/h2,4-5,8-9,12-15,20H,3,6-7,10-11,16H2,1H3/b24-23+. The fraction of sp³-hybridized carbons (Fsp3) is 0.348. The molecule has 2 aromatic carbocycles. The first-order valence-corrected chi connectivity index (χ1v) is 10.3. The van der Waals surface area contributed by atoms with E-state index in [1.165, 1.54) is 24.6 Å². The Balaban J connectivity index is 1.81. The summed E-state index contributed by atoms with van der Waals surface area (Å²) in [6.45, 7) is -0.211. The van der Waals surface area contributed by atoms with Gasteiger partial charge in [-0.05, 0) is 25.0 Å². The first-order valence-electron chi connectivity index (χ1n) is 10.3. The average molecular weight is 423 g/mol. The molecule has 2 aromatic rings. The number of carbonyl (C=O) groups excluding carboxylic acids is 2. The van der Waals surface area contributed by atoms with Gasteiger partial charge in [-0.25, -0.2) is 0 Å². The molecule has 3 rings (SSSR count). The molecule has 0 spiro atoms. The minimum atomic E-state index is -0.608. The fourth-order valence-electron chi connectivity index (χ4n) is 3.76. The molecule has 0 saturated heterocycles. The third-order valence-corrected chi connectivity index (χ3v) is 5.53. The summed E-state index contributed by atoms with van der Waals surface area (Å²) in [4.78, 5) is 41.5. The predicted molar refractivity (Wildman–Crippen MR) is 116 cm³/mol. The lowest BCUT2D eigenvalue weighted by Crippen LogP contribution is -2.40. The van der Waals surface area contributed by atoms with Crippen molar-refractivity contribution in [2.24, 2.45) is 5.16 Å². The van der Waals surface area contributed by atoms with E-state index < -0.39 is 4.92 Å². The van der Waals surface area contributed by atoms with Crippen molar-refractivity contribution in [3.05, 3.63) is 75.3 Å². The maximum Gasteiger partial charge on any atom is 0.279 e. The Kier molecular flexibility index (Phi) is 7.48. The molecule has 8 heteroatoms. The number of likely N-dealkylation sites (N-methyl/N-ethyl adjacent to an activating group) is 1. The van der Waals surface area contributed by atoms with Crippen molar-refractivity contribution < 1.29 is 19.3 Å². The number of nitrogens with zero attached hydrogens (tertiary/aromatic N) is 3. The van der Waals surface area contributed by atoms with Crippen LogP contribution in [0.15, 0.2) is 53.7 Å². The topological polar surface area (TPSA) is 102 Å². The summed E-state index contributed by atoms with van der Waals surface area (Å²) in [6, 6.07) is 13.5. The van der Waals surface area contributed by atoms with Gasteiger partial charge in [-0.2, -0.15) is 0 Å². The van der Waals surface area contributed by atoms with Crippen molar-refractivity contribution in [1.82, 2.24) is 4.90 Å². The lowest BCUT2D eigenvalue weighted by atomic mass is 9.94. The summed E-state index contributed by atoms with van der Waals surface area (Å²) < 4.78 is 0. The molecule has 162 valence electrons. The average Bonchev–Trinajstić information content (AvgIpc) is 2.81. The number of hydrogen-bond donors (Lipinski definition) is 0. The first kappa shape index (κ1) is 22.1. The molecule has 31 heavy (non-hydrogen) atoms. The zero-order chi connectivity index (χ0) is 22.2. The number of nitro groups is 1. The van der Waals surface area contributed by atoms with Gasteiger partial charge >= 0.3 is 0 Å². The molecule has 1 aliphatic carbocycles. The van der Waals surface area contributed by atoms with E-state index in [4.69, 9.17) is 4.84 Å². The first-order chi connectivity index (χ1) is 15.0. The molecule has 0 radical (unpaired) electrons. The Bertz CT molecular complexity index is 968. The summed E-state index contributed by atoms with van der Waals surface area (Å²) in [7, 11) is 1.79. The second kappa shape index (κ2) is 10.5. The molecule has 1 saturated carbocycles. The lowest BCUT2D eigenvalue weighted by Gasteiger charge is -2.30. The number of amides is 1. The van der Waals surface area contributed by atoms with E-state index in [1.54, 1.807) is 24.1 Å². The van der Waals surface area contributed by atoms with Gasteiger partial charge in [0, 0.05) is 30.3 Å². The number of oxime groups is 1. The minimum Gasteiger partial charge on any atom is -0.385 e. The van der Waals surface area contributed by atoms with Crippen LogP contribution in [0.4, 0.5) is 5.69 Å². The van der Waals surface area contributed by atoms with Crippen molar-refractivity contribution in [1.29, 1.82) is 0 Å². The molecule has 0 bridgehead atoms. The van der Waals surface area contributed by atoms with Gasteiger partial charge in [-0.1, -0.05) is 54.8 Å². The van der Waals surface area contributed by atoms with E-state index in [0.717, 1.165) is 25.7 Å². The van der Waals surface area contributed by atoms with Crippen molar-refractivity contribution in [3.63, 3.8) is 0 Å². The zero-order valence-electron chi connectivity index (χ0n) is 17.4. The molecular formula is C23H25N3O5. The number of aldehydes is 1. The third-order valence-electron chi connectivity index (χ3n) is 5.53. The van der Waals surface area contributed by atoms with E-state index >= 15 is 0 Å². The summed E-state index contributed by atoms with van der Waals surface area (Å²) >= 11 is 0. The fourth-order valence-corrected chi connectivity index (χ4v) is 3.76. The van der Waals surface area contributed by atoms with E-state index in [9.17, 15) is 19.7 Å². The molecule has 0 atom stereocenters. The second-order valence-corrected chi connectivity index (χ2v) is 7.52. The van der Waals surface area contributed by atoms with Gasteiger partial charge in [0.25, 0.3) is 11.6 Å². The van der Waals surface area contributed by atoms with E-state index in [-0.39, 0.29) is 29.8 Å². The molecule has 0 heterocycles. The van der Waals surface area contributed by atoms with Crippen LogP contribution in [0.5, 0.6) is 0 Å². The molecule has 8 nitrogen and oxygen atoms in total. The number of benzene rings is 2. The van der Waals surface area contributed by atoms with Crippen LogP contribution < -0.4 is 0 Å². The van der Waals surface area contributed by atoms with Gasteiger partial charge in [0.15, 0.2) is 12.9 Å². The quantitative estimate of drug-likeness (QED) is 0.277. The van der Waals surface area contributed by atoms with Crippen molar-refractivity contribution >= 4 is 23.6 Å². The molecule has 0 N–H and O–H groups in total. The number of carbonyl (C=O) groups is 2. The second-order valence-electron chi connectivity index (χ2n) is 7.52. The van der Waals surface area contributed by atoms with Gasteiger partial charge in [-0.3, -0.25) is 19.7 Å². The smallest absolute Gasteiger partial charge is 0.279 e. The van der Waals surface area contributed by atoms with Gasteiger partial charge in [0.05, 0.1) is 10.5 Å². The zero-order valence-corrected chi connectivity index (χ0v) is 17.4. The Morgan fingerprint density at radius 2 is 1.87 bits per heavy atom. The minimum absolute atomic E-state index is 0.0563. The predicted octanol–water partition coefficient (Wildman–Crippen LogP) is 3.97. The molecule has 0 aliphatic heterocycles. The highest BCUT2D eigenvalue weighted by molar-refractivity contribution is 6.13. The van der Waals surface area contributed by atoms with Crippen LogP contribution in [0.25, 0.3) is 0 Å². The van der Waals surface area contributed by atoms with Crippen LogP contribution >= 0.6 is 0 Å². The van der Waals surface area contributed by atoms with E-state index in [1.807, 2.05) is 18.2 Å². The summed E-state index contributed by atoms with van der Waals surface area (Å²) in [5.41, 5.74) is 1.22. The van der Waals surface area contributed by atoms with Crippen molar-refractivity contribution in [2.75, 3.05) is 13.7 Å². The number of nitro benzene ring substituents is 1. The van der Waals surface area contributed by atoms with Crippen LogP contribution in [-0.2, 0) is 9.63 Å². The molecule has 0 unspecified atom stereocenters. The van der Waals surface area contributed by atoms with E-state index in [2.05, 4.69) is 5.16 Å². The maximum atomic E-state index is 12.5. The molecule has 1 amide bonds. The molecule has 1 aliphatic rings. The van der Waals surface area contributed by atoms with Gasteiger partial charge in [-0.15, -0.1) is 0 Å². The monoisotopic (exact) mass is 423 g/mol. The Labute approximate surface area is 180 Å². The van der Waals surface area contributed by atoms with Crippen molar-refractivity contribution in [2.45, 2.75) is 38.1 Å². The Morgan fingerprint density at radius 3 is 2.52 bits per heavy atom. The van der Waals surface area contributed by atoms with Gasteiger partial charge in [0.1, 0.15) is 5.71 Å². The van der Waals surface area contributed by atoms with Crippen molar-refractivity contribution in [3.8, 4) is 0 Å². The van der Waals surface area contributed by atoms with E-state index in [0.29, 0.717) is 23.1 Å².